The molecule has 0 aliphatic rings. The monoisotopic (exact) mass is 649 g/mol. The fraction of sp³-hybridized carbons (Fsp3) is 0.147. The van der Waals surface area contributed by atoms with Crippen molar-refractivity contribution >= 4 is 46.9 Å². The molecule has 0 saturated heterocycles. The number of benzene rings is 4. The smallest absolute Gasteiger partial charge is 0.418 e. The first-order valence-corrected chi connectivity index (χ1v) is 14.7. The molecule has 0 aromatic heterocycles. The van der Waals surface area contributed by atoms with Crippen molar-refractivity contribution in [3.8, 4) is 11.5 Å². The molecule has 4 rings (SSSR count). The molecule has 1 atom stereocenters. The van der Waals surface area contributed by atoms with Crippen LogP contribution in [-0.2, 0) is 15.8 Å². The van der Waals surface area contributed by atoms with Crippen LogP contribution in [0.15, 0.2) is 108 Å². The van der Waals surface area contributed by atoms with Gasteiger partial charge in [-0.05, 0) is 67.6 Å². The Morgan fingerprint density at radius 3 is 2.13 bits per heavy atom. The van der Waals surface area contributed by atoms with Crippen LogP contribution >= 0.6 is 11.8 Å². The number of para-hydroxylation sites is 2. The molecule has 1 unspecified atom stereocenters. The number of nitrogens with one attached hydrogen (secondary N) is 3. The third-order valence-electron chi connectivity index (χ3n) is 6.55. The zero-order valence-corrected chi connectivity index (χ0v) is 25.8. The fourth-order valence-corrected chi connectivity index (χ4v) is 5.14. The van der Waals surface area contributed by atoms with E-state index < -0.39 is 34.7 Å². The predicted octanol–water partition coefficient (Wildman–Crippen LogP) is 7.25. The maximum atomic E-state index is 13.5. The number of alkyl halides is 3. The van der Waals surface area contributed by atoms with Crippen molar-refractivity contribution in [1.29, 1.82) is 0 Å². The first-order chi connectivity index (χ1) is 22.0. The van der Waals surface area contributed by atoms with E-state index in [9.17, 15) is 27.6 Å². The molecule has 46 heavy (non-hydrogen) atoms. The summed E-state index contributed by atoms with van der Waals surface area (Å²) in [7, 11) is 2.95. The topological polar surface area (TPSA) is 106 Å². The lowest BCUT2D eigenvalue weighted by Gasteiger charge is -2.16. The standard InChI is InChI=1S/C34H30F3N3O5S/c1-21(31(41)39-27-14-8-7-13-26(27)34(35,36)37)46-25-18-16-24(17-19-25)38-33(43)28(40-32(42)22-10-5-4-6-11-22)20-23-12-9-15-29(44-2)30(23)45-3/h4-21H,1-3H3,(H,38,43)(H,39,41)(H,40,42)/b28-20-. The number of anilines is 2. The molecule has 3 N–H and O–H groups in total. The van der Waals surface area contributed by atoms with E-state index in [-0.39, 0.29) is 11.4 Å². The van der Waals surface area contributed by atoms with E-state index in [1.807, 2.05) is 0 Å². The predicted molar refractivity (Wildman–Crippen MR) is 172 cm³/mol. The summed E-state index contributed by atoms with van der Waals surface area (Å²) in [5.41, 5.74) is -0.0945. The van der Waals surface area contributed by atoms with Crippen LogP contribution in [-0.4, -0.2) is 37.2 Å². The Morgan fingerprint density at radius 2 is 1.48 bits per heavy atom. The van der Waals surface area contributed by atoms with Gasteiger partial charge in [0.05, 0.1) is 30.7 Å². The molecule has 0 aliphatic carbocycles. The molecule has 4 aromatic rings. The lowest BCUT2D eigenvalue weighted by atomic mass is 10.1. The van der Waals surface area contributed by atoms with Crippen molar-refractivity contribution in [2.45, 2.75) is 23.2 Å². The highest BCUT2D eigenvalue weighted by atomic mass is 32.2. The van der Waals surface area contributed by atoms with Crippen LogP contribution in [0.4, 0.5) is 24.5 Å². The van der Waals surface area contributed by atoms with E-state index in [1.165, 1.54) is 38.5 Å². The molecule has 3 amide bonds. The molecule has 12 heteroatoms. The second-order valence-electron chi connectivity index (χ2n) is 9.73. The number of amides is 3. The van der Waals surface area contributed by atoms with E-state index in [1.54, 1.807) is 79.7 Å². The Kier molecular flexibility index (Phi) is 11.1. The van der Waals surface area contributed by atoms with Gasteiger partial charge in [0.2, 0.25) is 5.91 Å². The van der Waals surface area contributed by atoms with Crippen LogP contribution in [0.25, 0.3) is 6.08 Å². The van der Waals surface area contributed by atoms with Crippen LogP contribution in [0.1, 0.15) is 28.4 Å². The van der Waals surface area contributed by atoms with Gasteiger partial charge in [0.15, 0.2) is 11.5 Å². The van der Waals surface area contributed by atoms with E-state index in [0.29, 0.717) is 33.2 Å². The molecule has 0 aliphatic heterocycles. The Labute approximate surface area is 268 Å². The van der Waals surface area contributed by atoms with Gasteiger partial charge in [-0.3, -0.25) is 14.4 Å². The Morgan fingerprint density at radius 1 is 0.804 bits per heavy atom. The number of carbonyl (C=O) groups is 3. The average Bonchev–Trinajstić information content (AvgIpc) is 3.05. The summed E-state index contributed by atoms with van der Waals surface area (Å²) in [6.45, 7) is 1.57. The van der Waals surface area contributed by atoms with Crippen molar-refractivity contribution in [2.75, 3.05) is 24.9 Å². The van der Waals surface area contributed by atoms with Crippen molar-refractivity contribution < 1.29 is 37.0 Å². The lowest BCUT2D eigenvalue weighted by molar-refractivity contribution is -0.137. The van der Waals surface area contributed by atoms with Gasteiger partial charge in [0.1, 0.15) is 5.70 Å². The SMILES string of the molecule is COc1cccc(/C=C(\NC(=O)c2ccccc2)C(=O)Nc2ccc(SC(C)C(=O)Nc3ccccc3C(F)(F)F)cc2)c1OC. The zero-order chi connectivity index (χ0) is 33.3. The maximum Gasteiger partial charge on any atom is 0.418 e. The largest absolute Gasteiger partial charge is 0.493 e. The van der Waals surface area contributed by atoms with Crippen LogP contribution in [0.2, 0.25) is 0 Å². The van der Waals surface area contributed by atoms with Gasteiger partial charge in [-0.2, -0.15) is 13.2 Å². The summed E-state index contributed by atoms with van der Waals surface area (Å²) in [5, 5.41) is 7.04. The second kappa shape index (κ2) is 15.2. The number of halogens is 3. The highest BCUT2D eigenvalue weighted by Crippen LogP contribution is 2.35. The minimum Gasteiger partial charge on any atom is -0.493 e. The van der Waals surface area contributed by atoms with Gasteiger partial charge in [-0.1, -0.05) is 42.5 Å². The third kappa shape index (κ3) is 8.69. The van der Waals surface area contributed by atoms with Crippen LogP contribution in [0, 0.1) is 0 Å². The Bertz CT molecular complexity index is 1730. The number of hydrogen-bond donors (Lipinski definition) is 3. The first-order valence-electron chi connectivity index (χ1n) is 13.8. The number of ether oxygens (including phenoxy) is 2. The molecule has 0 spiro atoms. The number of methoxy groups -OCH3 is 2. The quantitative estimate of drug-likeness (QED) is 0.117. The lowest BCUT2D eigenvalue weighted by Crippen LogP contribution is -2.30. The second-order valence-corrected chi connectivity index (χ2v) is 11.1. The number of thioether (sulfide) groups is 1. The van der Waals surface area contributed by atoms with Crippen LogP contribution in [0.3, 0.4) is 0 Å². The van der Waals surface area contributed by atoms with E-state index in [0.717, 1.165) is 17.8 Å². The highest BCUT2D eigenvalue weighted by Gasteiger charge is 2.34. The van der Waals surface area contributed by atoms with E-state index in [4.69, 9.17) is 9.47 Å². The van der Waals surface area contributed by atoms with Gasteiger partial charge < -0.3 is 25.4 Å². The Balaban J connectivity index is 1.49. The first kappa shape index (κ1) is 33.7. The highest BCUT2D eigenvalue weighted by molar-refractivity contribution is 8.00. The number of hydrogen-bond acceptors (Lipinski definition) is 6. The molecule has 0 bridgehead atoms. The van der Waals surface area contributed by atoms with Gasteiger partial charge in [-0.15, -0.1) is 11.8 Å². The molecule has 4 aromatic carbocycles. The Hall–Kier alpha value is -5.23. The summed E-state index contributed by atoms with van der Waals surface area (Å²) in [6, 6.07) is 24.8. The number of carbonyl (C=O) groups excluding carboxylic acids is 3. The van der Waals surface area contributed by atoms with Crippen molar-refractivity contribution in [2.24, 2.45) is 0 Å². The summed E-state index contributed by atoms with van der Waals surface area (Å²) in [4.78, 5) is 39.8. The molecule has 0 fully saturated rings. The van der Waals surface area contributed by atoms with Crippen LogP contribution < -0.4 is 25.4 Å². The van der Waals surface area contributed by atoms with Crippen molar-refractivity contribution in [3.63, 3.8) is 0 Å². The minimum atomic E-state index is -4.61. The molecule has 0 saturated carbocycles. The summed E-state index contributed by atoms with van der Waals surface area (Å²) in [5.74, 6) is -0.918. The summed E-state index contributed by atoms with van der Waals surface area (Å²) in [6.07, 6.45) is -3.14. The molecule has 0 heterocycles. The number of rotatable bonds is 11. The molecule has 8 nitrogen and oxygen atoms in total. The van der Waals surface area contributed by atoms with Gasteiger partial charge >= 0.3 is 6.18 Å². The van der Waals surface area contributed by atoms with Crippen molar-refractivity contribution in [1.82, 2.24) is 5.32 Å². The molecular formula is C34H30F3N3O5S. The third-order valence-corrected chi connectivity index (χ3v) is 7.66. The normalized spacial score (nSPS) is 12.1. The summed E-state index contributed by atoms with van der Waals surface area (Å²) < 4.78 is 50.8. The van der Waals surface area contributed by atoms with Crippen molar-refractivity contribution in [3.05, 3.63) is 119 Å². The average molecular weight is 650 g/mol. The molecule has 0 radical (unpaired) electrons. The minimum absolute atomic E-state index is 0.0664. The zero-order valence-electron chi connectivity index (χ0n) is 25.0. The fourth-order valence-electron chi connectivity index (χ4n) is 4.27. The van der Waals surface area contributed by atoms with Gasteiger partial charge in [0.25, 0.3) is 11.8 Å². The summed E-state index contributed by atoms with van der Waals surface area (Å²) >= 11 is 1.13. The van der Waals surface area contributed by atoms with Crippen LogP contribution in [0.5, 0.6) is 11.5 Å². The van der Waals surface area contributed by atoms with E-state index in [2.05, 4.69) is 16.0 Å². The van der Waals surface area contributed by atoms with Gasteiger partial charge in [0, 0.05) is 21.7 Å². The van der Waals surface area contributed by atoms with E-state index >= 15 is 0 Å². The maximum absolute atomic E-state index is 13.5. The molecular weight excluding hydrogens is 619 g/mol. The molecule has 238 valence electrons. The van der Waals surface area contributed by atoms with Gasteiger partial charge in [-0.25, -0.2) is 0 Å².